The van der Waals surface area contributed by atoms with Crippen LogP contribution in [-0.4, -0.2) is 53.1 Å². The van der Waals surface area contributed by atoms with E-state index in [9.17, 15) is 14.7 Å². The molecule has 8 heteroatoms. The molecule has 160 valence electrons. The Hall–Kier alpha value is -2.87. The van der Waals surface area contributed by atoms with Crippen molar-refractivity contribution in [2.75, 3.05) is 31.5 Å². The summed E-state index contributed by atoms with van der Waals surface area (Å²) in [7, 11) is 0. The molecule has 2 heterocycles. The average Bonchev–Trinajstić information content (AvgIpc) is 3.26. The monoisotopic (exact) mass is 455 g/mol. The van der Waals surface area contributed by atoms with Crippen molar-refractivity contribution in [3.63, 3.8) is 0 Å². The van der Waals surface area contributed by atoms with Gasteiger partial charge < -0.3 is 15.3 Å². The Balaban J connectivity index is 1.34. The first kappa shape index (κ1) is 21.4. The number of benzene rings is 2. The van der Waals surface area contributed by atoms with E-state index < -0.39 is 5.97 Å². The number of hydrogen-bond donors (Lipinski definition) is 2. The lowest BCUT2D eigenvalue weighted by molar-refractivity contribution is 0.0703. The second-order valence-corrected chi connectivity index (χ2v) is 8.72. The second kappa shape index (κ2) is 9.51. The van der Waals surface area contributed by atoms with Gasteiger partial charge in [0.25, 0.3) is 0 Å². The lowest BCUT2D eigenvalue weighted by Gasteiger charge is -2.34. The number of anilines is 1. The Morgan fingerprint density at radius 2 is 1.77 bits per heavy atom. The number of rotatable bonds is 5. The van der Waals surface area contributed by atoms with Gasteiger partial charge in [0.15, 0.2) is 0 Å². The van der Waals surface area contributed by atoms with Gasteiger partial charge in [-0.2, -0.15) is 0 Å². The summed E-state index contributed by atoms with van der Waals surface area (Å²) < 4.78 is 0. The number of carboxylic acids is 1. The summed E-state index contributed by atoms with van der Waals surface area (Å²) in [5, 5.41) is 14.8. The minimum Gasteiger partial charge on any atom is -0.477 e. The van der Waals surface area contributed by atoms with E-state index in [4.69, 9.17) is 11.6 Å². The van der Waals surface area contributed by atoms with Crippen molar-refractivity contribution >= 4 is 40.6 Å². The highest BCUT2D eigenvalue weighted by Gasteiger charge is 2.21. The molecule has 2 N–H and O–H groups in total. The third-order valence-electron chi connectivity index (χ3n) is 5.26. The van der Waals surface area contributed by atoms with Crippen molar-refractivity contribution < 1.29 is 14.7 Å². The molecule has 0 unspecified atom stereocenters. The number of nitrogens with zero attached hydrogens (tertiary/aromatic N) is 2. The first-order valence-electron chi connectivity index (χ1n) is 9.93. The van der Waals surface area contributed by atoms with Crippen molar-refractivity contribution in [3.05, 3.63) is 75.4 Å². The van der Waals surface area contributed by atoms with Crippen LogP contribution in [0.15, 0.2) is 60.0 Å². The fourth-order valence-electron chi connectivity index (χ4n) is 3.63. The number of aromatic carboxylic acids is 1. The highest BCUT2D eigenvalue weighted by molar-refractivity contribution is 7.12. The van der Waals surface area contributed by atoms with E-state index >= 15 is 0 Å². The van der Waals surface area contributed by atoms with E-state index in [2.05, 4.69) is 10.2 Å². The Bertz CT molecular complexity index is 1080. The molecule has 1 aliphatic rings. The normalized spacial score (nSPS) is 14.4. The van der Waals surface area contributed by atoms with Crippen LogP contribution < -0.4 is 5.32 Å². The molecule has 4 rings (SSSR count). The van der Waals surface area contributed by atoms with Crippen molar-refractivity contribution in [1.29, 1.82) is 0 Å². The molecule has 1 fully saturated rings. The van der Waals surface area contributed by atoms with E-state index in [-0.39, 0.29) is 6.03 Å². The number of urea groups is 1. The summed E-state index contributed by atoms with van der Waals surface area (Å²) in [6.45, 7) is 3.72. The molecule has 2 aromatic carbocycles. The molecule has 2 amide bonds. The van der Waals surface area contributed by atoms with Gasteiger partial charge in [0, 0.05) is 49.0 Å². The Labute approximate surface area is 189 Å². The lowest BCUT2D eigenvalue weighted by atomic mass is 10.1. The van der Waals surface area contributed by atoms with Crippen molar-refractivity contribution in [2.45, 2.75) is 6.54 Å². The molecule has 1 aliphatic heterocycles. The first-order chi connectivity index (χ1) is 15.0. The van der Waals surface area contributed by atoms with Crippen LogP contribution in [0.2, 0.25) is 5.02 Å². The van der Waals surface area contributed by atoms with Crippen LogP contribution in [-0.2, 0) is 6.54 Å². The van der Waals surface area contributed by atoms with Gasteiger partial charge >= 0.3 is 12.0 Å². The Kier molecular flexibility index (Phi) is 6.56. The number of carbonyl (C=O) groups is 2. The van der Waals surface area contributed by atoms with Gasteiger partial charge in [0.1, 0.15) is 4.88 Å². The topological polar surface area (TPSA) is 72.9 Å². The molecule has 6 nitrogen and oxygen atoms in total. The Morgan fingerprint density at radius 1 is 1.03 bits per heavy atom. The highest BCUT2D eigenvalue weighted by Crippen LogP contribution is 2.30. The summed E-state index contributed by atoms with van der Waals surface area (Å²) in [4.78, 5) is 28.6. The van der Waals surface area contributed by atoms with Gasteiger partial charge in [-0.1, -0.05) is 35.9 Å². The van der Waals surface area contributed by atoms with Crippen LogP contribution >= 0.6 is 22.9 Å². The number of thiophene rings is 1. The van der Waals surface area contributed by atoms with Crippen LogP contribution in [0.25, 0.3) is 11.1 Å². The van der Waals surface area contributed by atoms with Gasteiger partial charge in [-0.05, 0) is 46.8 Å². The number of carboxylic acid groups (broad SMARTS) is 1. The molecule has 0 spiro atoms. The van der Waals surface area contributed by atoms with Crippen LogP contribution in [0.3, 0.4) is 0 Å². The van der Waals surface area contributed by atoms with Gasteiger partial charge in [-0.3, -0.25) is 4.90 Å². The third-order valence-corrected chi connectivity index (χ3v) is 6.42. The molecule has 0 radical (unpaired) electrons. The van der Waals surface area contributed by atoms with Crippen LogP contribution in [0.1, 0.15) is 15.2 Å². The third kappa shape index (κ3) is 5.25. The first-order valence-corrected chi connectivity index (χ1v) is 11.2. The SMILES string of the molecule is O=C(O)c1sccc1-c1cccc(NC(=O)N2CCN(Cc3ccc(Cl)cc3)CC2)c1. The molecule has 0 aliphatic carbocycles. The smallest absolute Gasteiger partial charge is 0.346 e. The molecule has 1 saturated heterocycles. The van der Waals surface area contributed by atoms with E-state index in [0.29, 0.717) is 29.2 Å². The lowest BCUT2D eigenvalue weighted by Crippen LogP contribution is -2.49. The molecule has 3 aromatic rings. The fraction of sp³-hybridized carbons (Fsp3) is 0.217. The molecular formula is C23H22ClN3O3S. The summed E-state index contributed by atoms with van der Waals surface area (Å²) in [5.41, 5.74) is 3.27. The van der Waals surface area contributed by atoms with Gasteiger partial charge in [-0.15, -0.1) is 11.3 Å². The van der Waals surface area contributed by atoms with Gasteiger partial charge in [0.2, 0.25) is 0 Å². The molecule has 0 atom stereocenters. The van der Waals surface area contributed by atoms with Crippen molar-refractivity contribution in [3.8, 4) is 11.1 Å². The Morgan fingerprint density at radius 3 is 2.48 bits per heavy atom. The quantitative estimate of drug-likeness (QED) is 0.560. The maximum absolute atomic E-state index is 12.7. The molecule has 1 aromatic heterocycles. The highest BCUT2D eigenvalue weighted by atomic mass is 35.5. The van der Waals surface area contributed by atoms with E-state index in [1.165, 1.54) is 16.9 Å². The van der Waals surface area contributed by atoms with E-state index in [1.54, 1.807) is 16.3 Å². The number of nitrogens with one attached hydrogen (secondary N) is 1. The van der Waals surface area contributed by atoms with Crippen molar-refractivity contribution in [1.82, 2.24) is 9.80 Å². The number of hydrogen-bond acceptors (Lipinski definition) is 4. The zero-order valence-corrected chi connectivity index (χ0v) is 18.3. The summed E-state index contributed by atoms with van der Waals surface area (Å²) in [6.07, 6.45) is 0. The number of amides is 2. The van der Waals surface area contributed by atoms with Crippen LogP contribution in [0.5, 0.6) is 0 Å². The largest absolute Gasteiger partial charge is 0.477 e. The predicted octanol–water partition coefficient (Wildman–Crippen LogP) is 5.12. The minimum absolute atomic E-state index is 0.146. The zero-order valence-electron chi connectivity index (χ0n) is 16.8. The number of carbonyl (C=O) groups excluding carboxylic acids is 1. The second-order valence-electron chi connectivity index (χ2n) is 7.37. The van der Waals surface area contributed by atoms with Crippen molar-refractivity contribution in [2.24, 2.45) is 0 Å². The van der Waals surface area contributed by atoms with E-state index in [1.807, 2.05) is 48.5 Å². The maximum atomic E-state index is 12.7. The summed E-state index contributed by atoms with van der Waals surface area (Å²) in [6, 6.07) is 16.8. The number of piperazine rings is 1. The van der Waals surface area contributed by atoms with Crippen LogP contribution in [0.4, 0.5) is 10.5 Å². The number of halogens is 1. The van der Waals surface area contributed by atoms with Gasteiger partial charge in [-0.25, -0.2) is 9.59 Å². The zero-order chi connectivity index (χ0) is 21.8. The van der Waals surface area contributed by atoms with Crippen LogP contribution in [0, 0.1) is 0 Å². The van der Waals surface area contributed by atoms with E-state index in [0.717, 1.165) is 30.2 Å². The standard InChI is InChI=1S/C23H22ClN3O3S/c24-18-6-4-16(5-7-18)15-26-9-11-27(12-10-26)23(30)25-19-3-1-2-17(14-19)20-8-13-31-21(20)22(28)29/h1-8,13-14H,9-12,15H2,(H,25,30)(H,28,29). The summed E-state index contributed by atoms with van der Waals surface area (Å²) in [5.74, 6) is -0.948. The molecule has 31 heavy (non-hydrogen) atoms. The molecule has 0 bridgehead atoms. The maximum Gasteiger partial charge on any atom is 0.346 e. The minimum atomic E-state index is -0.948. The predicted molar refractivity (Wildman–Crippen MR) is 124 cm³/mol. The fourth-order valence-corrected chi connectivity index (χ4v) is 4.51. The average molecular weight is 456 g/mol. The van der Waals surface area contributed by atoms with Gasteiger partial charge in [0.05, 0.1) is 0 Å². The molecular weight excluding hydrogens is 434 g/mol. The summed E-state index contributed by atoms with van der Waals surface area (Å²) >= 11 is 7.13. The molecule has 0 saturated carbocycles.